The summed E-state index contributed by atoms with van der Waals surface area (Å²) in [7, 11) is 0. The zero-order chi connectivity index (χ0) is 10.7. The maximum absolute atomic E-state index is 12.8. The Morgan fingerprint density at radius 3 is 3.00 bits per heavy atom. The zero-order valence-corrected chi connectivity index (χ0v) is 9.14. The summed E-state index contributed by atoms with van der Waals surface area (Å²) in [6, 6.07) is 4.72. The maximum Gasteiger partial charge on any atom is 0.123 e. The second kappa shape index (κ2) is 4.40. The van der Waals surface area contributed by atoms with Crippen LogP contribution >= 0.6 is 11.3 Å². The molecule has 4 heteroatoms. The molecule has 0 radical (unpaired) electrons. The number of rotatable bonds is 3. The predicted octanol–water partition coefficient (Wildman–Crippen LogP) is 3.20. The third-order valence-electron chi connectivity index (χ3n) is 2.13. The summed E-state index contributed by atoms with van der Waals surface area (Å²) in [4.78, 5) is 4.16. The summed E-state index contributed by atoms with van der Waals surface area (Å²) in [6.45, 7) is 2.56. The Labute approximate surface area is 91.8 Å². The number of halogens is 1. The van der Waals surface area contributed by atoms with Crippen molar-refractivity contribution >= 4 is 17.0 Å². The van der Waals surface area contributed by atoms with Crippen molar-refractivity contribution < 1.29 is 4.39 Å². The molecule has 1 N–H and O–H groups in total. The molecule has 2 nitrogen and oxygen atoms in total. The second-order valence-corrected chi connectivity index (χ2v) is 4.01. The highest BCUT2D eigenvalue weighted by Gasteiger charge is 2.00. The van der Waals surface area contributed by atoms with Crippen molar-refractivity contribution in [1.29, 1.82) is 0 Å². The third kappa shape index (κ3) is 2.53. The summed E-state index contributed by atoms with van der Waals surface area (Å²) < 4.78 is 12.8. The van der Waals surface area contributed by atoms with Crippen molar-refractivity contribution in [2.75, 3.05) is 5.32 Å². The molecule has 1 heterocycles. The molecule has 0 fully saturated rings. The average molecular weight is 222 g/mol. The molecule has 0 amide bonds. The molecular weight excluding hydrogens is 211 g/mol. The lowest BCUT2D eigenvalue weighted by Crippen LogP contribution is -2.01. The minimum Gasteiger partial charge on any atom is -0.379 e. The monoisotopic (exact) mass is 222 g/mol. The molecule has 2 aromatic rings. The van der Waals surface area contributed by atoms with Gasteiger partial charge in [-0.25, -0.2) is 9.37 Å². The fourth-order valence-corrected chi connectivity index (χ4v) is 1.89. The molecular formula is C11H11FN2S. The molecule has 1 aromatic heterocycles. The minimum atomic E-state index is -0.202. The molecule has 0 saturated carbocycles. The topological polar surface area (TPSA) is 24.9 Å². The summed E-state index contributed by atoms with van der Waals surface area (Å²) in [6.07, 6.45) is 0. The molecule has 0 spiro atoms. The van der Waals surface area contributed by atoms with E-state index in [0.29, 0.717) is 6.54 Å². The van der Waals surface area contributed by atoms with Crippen LogP contribution in [0.3, 0.4) is 0 Å². The SMILES string of the molecule is Cc1cc(F)ccc1NCc1cscn1. The smallest absolute Gasteiger partial charge is 0.123 e. The van der Waals surface area contributed by atoms with Crippen molar-refractivity contribution in [3.8, 4) is 0 Å². The number of nitrogens with one attached hydrogen (secondary N) is 1. The van der Waals surface area contributed by atoms with E-state index >= 15 is 0 Å². The van der Waals surface area contributed by atoms with Crippen LogP contribution < -0.4 is 5.32 Å². The molecule has 0 aliphatic rings. The quantitative estimate of drug-likeness (QED) is 0.862. The molecule has 0 aliphatic carbocycles. The lowest BCUT2D eigenvalue weighted by Gasteiger charge is -2.07. The van der Waals surface area contributed by atoms with Crippen LogP contribution in [0, 0.1) is 12.7 Å². The van der Waals surface area contributed by atoms with E-state index in [9.17, 15) is 4.39 Å². The van der Waals surface area contributed by atoms with E-state index in [1.54, 1.807) is 22.9 Å². The molecule has 78 valence electrons. The fourth-order valence-electron chi connectivity index (χ4n) is 1.34. The van der Waals surface area contributed by atoms with Gasteiger partial charge in [-0.3, -0.25) is 0 Å². The summed E-state index contributed by atoms with van der Waals surface area (Å²) in [5.74, 6) is -0.202. The number of thiazole rings is 1. The molecule has 0 bridgehead atoms. The van der Waals surface area contributed by atoms with Crippen LogP contribution in [0.25, 0.3) is 0 Å². The van der Waals surface area contributed by atoms with E-state index in [4.69, 9.17) is 0 Å². The summed E-state index contributed by atoms with van der Waals surface area (Å²) in [5.41, 5.74) is 4.66. The van der Waals surface area contributed by atoms with Crippen LogP contribution in [0.1, 0.15) is 11.3 Å². The van der Waals surface area contributed by atoms with Gasteiger partial charge in [0.1, 0.15) is 5.82 Å². The van der Waals surface area contributed by atoms with Gasteiger partial charge in [0.15, 0.2) is 0 Å². The second-order valence-electron chi connectivity index (χ2n) is 3.29. The Bertz CT molecular complexity index is 440. The van der Waals surface area contributed by atoms with E-state index in [1.165, 1.54) is 12.1 Å². The van der Waals surface area contributed by atoms with Gasteiger partial charge in [-0.2, -0.15) is 0 Å². The molecule has 0 aliphatic heterocycles. The zero-order valence-electron chi connectivity index (χ0n) is 8.33. The first kappa shape index (κ1) is 10.1. The number of nitrogens with zero attached hydrogens (tertiary/aromatic N) is 1. The largest absolute Gasteiger partial charge is 0.379 e. The Morgan fingerprint density at radius 1 is 1.47 bits per heavy atom. The Balaban J connectivity index is 2.05. The van der Waals surface area contributed by atoms with E-state index in [0.717, 1.165) is 16.9 Å². The van der Waals surface area contributed by atoms with Crippen LogP contribution in [0.4, 0.5) is 10.1 Å². The molecule has 0 saturated heterocycles. The van der Waals surface area contributed by atoms with Crippen molar-refractivity contribution in [1.82, 2.24) is 4.98 Å². The minimum absolute atomic E-state index is 0.202. The van der Waals surface area contributed by atoms with Crippen molar-refractivity contribution in [2.45, 2.75) is 13.5 Å². The highest BCUT2D eigenvalue weighted by atomic mass is 32.1. The van der Waals surface area contributed by atoms with E-state index < -0.39 is 0 Å². The van der Waals surface area contributed by atoms with Gasteiger partial charge < -0.3 is 5.32 Å². The van der Waals surface area contributed by atoms with Gasteiger partial charge in [0.05, 0.1) is 17.7 Å². The highest BCUT2D eigenvalue weighted by molar-refractivity contribution is 7.07. The normalized spacial score (nSPS) is 10.3. The summed E-state index contributed by atoms with van der Waals surface area (Å²) in [5, 5.41) is 5.21. The first-order chi connectivity index (χ1) is 7.25. The highest BCUT2D eigenvalue weighted by Crippen LogP contribution is 2.16. The number of hydrogen-bond donors (Lipinski definition) is 1. The van der Waals surface area contributed by atoms with Crippen LogP contribution in [-0.2, 0) is 6.54 Å². The lowest BCUT2D eigenvalue weighted by molar-refractivity contribution is 0.627. The Morgan fingerprint density at radius 2 is 2.33 bits per heavy atom. The molecule has 15 heavy (non-hydrogen) atoms. The predicted molar refractivity (Wildman–Crippen MR) is 60.6 cm³/mol. The average Bonchev–Trinajstić information content (AvgIpc) is 2.69. The number of aryl methyl sites for hydroxylation is 1. The van der Waals surface area contributed by atoms with Gasteiger partial charge in [0.2, 0.25) is 0 Å². The fraction of sp³-hybridized carbons (Fsp3) is 0.182. The molecule has 0 unspecified atom stereocenters. The van der Waals surface area contributed by atoms with Crippen LogP contribution in [0.2, 0.25) is 0 Å². The Hall–Kier alpha value is -1.42. The first-order valence-electron chi connectivity index (χ1n) is 4.63. The van der Waals surface area contributed by atoms with Gasteiger partial charge in [-0.15, -0.1) is 11.3 Å². The molecule has 1 aromatic carbocycles. The van der Waals surface area contributed by atoms with Gasteiger partial charge in [0.25, 0.3) is 0 Å². The van der Waals surface area contributed by atoms with Crippen LogP contribution in [0.5, 0.6) is 0 Å². The first-order valence-corrected chi connectivity index (χ1v) is 5.57. The summed E-state index contributed by atoms with van der Waals surface area (Å²) >= 11 is 1.57. The molecule has 0 atom stereocenters. The van der Waals surface area contributed by atoms with Crippen molar-refractivity contribution in [3.05, 3.63) is 46.2 Å². The number of anilines is 1. The van der Waals surface area contributed by atoms with Gasteiger partial charge >= 0.3 is 0 Å². The van der Waals surface area contributed by atoms with E-state index in [-0.39, 0.29) is 5.82 Å². The van der Waals surface area contributed by atoms with Gasteiger partial charge in [-0.1, -0.05) is 0 Å². The van der Waals surface area contributed by atoms with Gasteiger partial charge in [0, 0.05) is 11.1 Å². The van der Waals surface area contributed by atoms with Gasteiger partial charge in [-0.05, 0) is 30.7 Å². The standard InChI is InChI=1S/C11H11FN2S/c1-8-4-9(12)2-3-11(8)13-5-10-6-15-7-14-10/h2-4,6-7,13H,5H2,1H3. The van der Waals surface area contributed by atoms with E-state index in [2.05, 4.69) is 10.3 Å². The van der Waals surface area contributed by atoms with Crippen LogP contribution in [0.15, 0.2) is 29.1 Å². The number of benzene rings is 1. The van der Waals surface area contributed by atoms with Crippen LogP contribution in [-0.4, -0.2) is 4.98 Å². The lowest BCUT2D eigenvalue weighted by atomic mass is 10.2. The molecule has 2 rings (SSSR count). The van der Waals surface area contributed by atoms with Crippen molar-refractivity contribution in [3.63, 3.8) is 0 Å². The van der Waals surface area contributed by atoms with E-state index in [1.807, 2.05) is 12.3 Å². The van der Waals surface area contributed by atoms with Crippen molar-refractivity contribution in [2.24, 2.45) is 0 Å². The maximum atomic E-state index is 12.8. The Kier molecular flexibility index (Phi) is 2.97. The number of aromatic nitrogens is 1. The number of hydrogen-bond acceptors (Lipinski definition) is 3. The third-order valence-corrected chi connectivity index (χ3v) is 2.77.